The van der Waals surface area contributed by atoms with E-state index in [0.717, 1.165) is 5.39 Å². The number of benzene rings is 2. The van der Waals surface area contributed by atoms with E-state index < -0.39 is 10.0 Å². The van der Waals surface area contributed by atoms with Crippen LogP contribution in [0.3, 0.4) is 0 Å². The molecular weight excluding hydrogens is 340 g/mol. The Morgan fingerprint density at radius 1 is 1.16 bits per heavy atom. The topological polar surface area (TPSA) is 75.7 Å². The fraction of sp³-hybridized carbons (Fsp3) is 0.389. The second-order valence-electron chi connectivity index (χ2n) is 6.06. The Kier molecular flexibility index (Phi) is 5.24. The van der Waals surface area contributed by atoms with Gasteiger partial charge in [-0.3, -0.25) is 0 Å². The highest BCUT2D eigenvalue weighted by molar-refractivity contribution is 7.89. The van der Waals surface area contributed by atoms with Gasteiger partial charge in [0.05, 0.1) is 11.5 Å². The van der Waals surface area contributed by atoms with Gasteiger partial charge in [0.1, 0.15) is 0 Å². The van der Waals surface area contributed by atoms with Gasteiger partial charge in [-0.1, -0.05) is 36.4 Å². The first-order valence-electron chi connectivity index (χ1n) is 8.43. The summed E-state index contributed by atoms with van der Waals surface area (Å²) in [6.45, 7) is 3.08. The minimum atomic E-state index is -3.62. The SMILES string of the molecule is CCOC(=O)N1CCC(NS(=O)(=O)c2cccc3ccccc23)CC1. The molecule has 2 aromatic rings. The molecular formula is C18H22N2O4S. The van der Waals surface area contributed by atoms with Crippen molar-refractivity contribution in [3.8, 4) is 0 Å². The van der Waals surface area contributed by atoms with Crippen LogP contribution >= 0.6 is 0 Å². The number of sulfonamides is 1. The number of likely N-dealkylation sites (tertiary alicyclic amines) is 1. The zero-order chi connectivity index (χ0) is 17.9. The molecule has 1 N–H and O–H groups in total. The second-order valence-corrected chi connectivity index (χ2v) is 7.74. The summed E-state index contributed by atoms with van der Waals surface area (Å²) in [5.74, 6) is 0. The normalized spacial score (nSPS) is 16.1. The van der Waals surface area contributed by atoms with Crippen LogP contribution in [0.1, 0.15) is 19.8 Å². The molecule has 1 aliphatic rings. The summed E-state index contributed by atoms with van der Waals surface area (Å²) in [7, 11) is -3.62. The standard InChI is InChI=1S/C18H22N2O4S/c1-2-24-18(21)20-12-10-15(11-13-20)19-25(22,23)17-9-5-7-14-6-3-4-8-16(14)17/h3-9,15,19H,2,10-13H2,1H3. The molecule has 0 bridgehead atoms. The van der Waals surface area contributed by atoms with Crippen molar-refractivity contribution in [3.05, 3.63) is 42.5 Å². The number of rotatable bonds is 4. The Morgan fingerprint density at radius 2 is 1.84 bits per heavy atom. The van der Waals surface area contributed by atoms with Gasteiger partial charge in [-0.15, -0.1) is 0 Å². The number of ether oxygens (including phenoxy) is 1. The highest BCUT2D eigenvalue weighted by Crippen LogP contribution is 2.24. The predicted molar refractivity (Wildman–Crippen MR) is 95.9 cm³/mol. The summed E-state index contributed by atoms with van der Waals surface area (Å²) in [5.41, 5.74) is 0. The minimum absolute atomic E-state index is 0.186. The highest BCUT2D eigenvalue weighted by atomic mass is 32.2. The van der Waals surface area contributed by atoms with E-state index in [1.54, 1.807) is 24.0 Å². The van der Waals surface area contributed by atoms with Crippen molar-refractivity contribution >= 4 is 26.9 Å². The maximum Gasteiger partial charge on any atom is 0.409 e. The van der Waals surface area contributed by atoms with Crippen molar-refractivity contribution in [3.63, 3.8) is 0 Å². The Balaban J connectivity index is 1.71. The number of nitrogens with zero attached hydrogens (tertiary/aromatic N) is 1. The lowest BCUT2D eigenvalue weighted by molar-refractivity contribution is 0.0966. The van der Waals surface area contributed by atoms with Gasteiger partial charge in [-0.25, -0.2) is 17.9 Å². The van der Waals surface area contributed by atoms with E-state index in [0.29, 0.717) is 42.8 Å². The fourth-order valence-corrected chi connectivity index (χ4v) is 4.64. The summed E-state index contributed by atoms with van der Waals surface area (Å²) in [4.78, 5) is 13.6. The molecule has 3 rings (SSSR count). The average molecular weight is 362 g/mol. The number of carbonyl (C=O) groups is 1. The van der Waals surface area contributed by atoms with Crippen LogP contribution in [0.4, 0.5) is 4.79 Å². The van der Waals surface area contributed by atoms with Gasteiger partial charge in [0.2, 0.25) is 10.0 Å². The minimum Gasteiger partial charge on any atom is -0.450 e. The first-order valence-corrected chi connectivity index (χ1v) is 9.91. The lowest BCUT2D eigenvalue weighted by atomic mass is 10.1. The first-order chi connectivity index (χ1) is 12.0. The molecule has 0 unspecified atom stereocenters. The Labute approximate surface area is 147 Å². The third kappa shape index (κ3) is 3.93. The molecule has 1 amide bonds. The summed E-state index contributed by atoms with van der Waals surface area (Å²) in [6, 6.07) is 12.5. The maximum atomic E-state index is 12.8. The predicted octanol–water partition coefficient (Wildman–Crippen LogP) is 2.74. The average Bonchev–Trinajstić information content (AvgIpc) is 2.61. The van der Waals surface area contributed by atoms with Crippen molar-refractivity contribution in [2.45, 2.75) is 30.7 Å². The van der Waals surface area contributed by atoms with Crippen LogP contribution in [0.2, 0.25) is 0 Å². The number of nitrogens with one attached hydrogen (secondary N) is 1. The van der Waals surface area contributed by atoms with Gasteiger partial charge in [-0.2, -0.15) is 0 Å². The molecule has 7 heteroatoms. The van der Waals surface area contributed by atoms with Crippen molar-refractivity contribution in [2.24, 2.45) is 0 Å². The molecule has 0 aliphatic carbocycles. The molecule has 134 valence electrons. The van der Waals surface area contributed by atoms with E-state index in [1.165, 1.54) is 0 Å². The maximum absolute atomic E-state index is 12.8. The summed E-state index contributed by atoms with van der Waals surface area (Å²) in [5, 5.41) is 1.60. The Bertz CT molecular complexity index is 853. The van der Waals surface area contributed by atoms with Gasteiger partial charge in [0.15, 0.2) is 0 Å². The van der Waals surface area contributed by atoms with Crippen LogP contribution in [0.15, 0.2) is 47.4 Å². The molecule has 0 spiro atoms. The van der Waals surface area contributed by atoms with Gasteiger partial charge in [0, 0.05) is 24.5 Å². The smallest absolute Gasteiger partial charge is 0.409 e. The van der Waals surface area contributed by atoms with Crippen molar-refractivity contribution < 1.29 is 17.9 Å². The van der Waals surface area contributed by atoms with E-state index in [1.807, 2.05) is 30.3 Å². The number of amides is 1. The third-order valence-corrected chi connectivity index (χ3v) is 5.96. The van der Waals surface area contributed by atoms with Crippen molar-refractivity contribution in [1.82, 2.24) is 9.62 Å². The number of hydrogen-bond donors (Lipinski definition) is 1. The molecule has 2 aromatic carbocycles. The molecule has 0 atom stereocenters. The van der Waals surface area contributed by atoms with Gasteiger partial charge in [0.25, 0.3) is 0 Å². The molecule has 0 radical (unpaired) electrons. The van der Waals surface area contributed by atoms with Crippen LogP contribution in [0, 0.1) is 0 Å². The molecule has 1 fully saturated rings. The summed E-state index contributed by atoms with van der Waals surface area (Å²) < 4.78 is 33.4. The van der Waals surface area contributed by atoms with E-state index >= 15 is 0 Å². The molecule has 1 aliphatic heterocycles. The van der Waals surface area contributed by atoms with E-state index in [-0.39, 0.29) is 12.1 Å². The third-order valence-electron chi connectivity index (χ3n) is 4.38. The number of hydrogen-bond acceptors (Lipinski definition) is 4. The summed E-state index contributed by atoms with van der Waals surface area (Å²) >= 11 is 0. The van der Waals surface area contributed by atoms with Crippen LogP contribution in [-0.2, 0) is 14.8 Å². The van der Waals surface area contributed by atoms with Gasteiger partial charge < -0.3 is 9.64 Å². The second kappa shape index (κ2) is 7.41. The molecule has 0 saturated carbocycles. The fourth-order valence-electron chi connectivity index (χ4n) is 3.11. The Hall–Kier alpha value is -2.12. The molecule has 25 heavy (non-hydrogen) atoms. The lowest BCUT2D eigenvalue weighted by Crippen LogP contribution is -2.46. The van der Waals surface area contributed by atoms with E-state index in [9.17, 15) is 13.2 Å². The zero-order valence-corrected chi connectivity index (χ0v) is 15.0. The quantitative estimate of drug-likeness (QED) is 0.907. The van der Waals surface area contributed by atoms with Crippen molar-refractivity contribution in [2.75, 3.05) is 19.7 Å². The van der Waals surface area contributed by atoms with Crippen LogP contribution < -0.4 is 4.72 Å². The van der Waals surface area contributed by atoms with Gasteiger partial charge in [-0.05, 0) is 31.2 Å². The molecule has 6 nitrogen and oxygen atoms in total. The van der Waals surface area contributed by atoms with Crippen LogP contribution in [-0.4, -0.2) is 45.1 Å². The first kappa shape index (κ1) is 17.7. The van der Waals surface area contributed by atoms with Crippen molar-refractivity contribution in [1.29, 1.82) is 0 Å². The monoisotopic (exact) mass is 362 g/mol. The van der Waals surface area contributed by atoms with Gasteiger partial charge >= 0.3 is 6.09 Å². The van der Waals surface area contributed by atoms with Crippen LogP contribution in [0.25, 0.3) is 10.8 Å². The van der Waals surface area contributed by atoms with E-state index in [2.05, 4.69) is 4.72 Å². The zero-order valence-electron chi connectivity index (χ0n) is 14.1. The number of fused-ring (bicyclic) bond motifs is 1. The molecule has 1 saturated heterocycles. The molecule has 1 heterocycles. The Morgan fingerprint density at radius 3 is 2.56 bits per heavy atom. The number of carbonyl (C=O) groups excluding carboxylic acids is 1. The highest BCUT2D eigenvalue weighted by Gasteiger charge is 2.27. The number of piperidine rings is 1. The molecule has 0 aromatic heterocycles. The van der Waals surface area contributed by atoms with E-state index in [4.69, 9.17) is 4.74 Å². The largest absolute Gasteiger partial charge is 0.450 e. The lowest BCUT2D eigenvalue weighted by Gasteiger charge is -2.31. The van der Waals surface area contributed by atoms with Crippen LogP contribution in [0.5, 0.6) is 0 Å². The summed E-state index contributed by atoms with van der Waals surface area (Å²) in [6.07, 6.45) is 0.809.